The highest BCUT2D eigenvalue weighted by atomic mass is 16.6. The van der Waals surface area contributed by atoms with Crippen molar-refractivity contribution in [2.24, 2.45) is 23.7 Å². The van der Waals surface area contributed by atoms with E-state index in [1.807, 2.05) is 18.7 Å². The molecule has 1 saturated heterocycles. The van der Waals surface area contributed by atoms with E-state index in [0.29, 0.717) is 31.4 Å². The van der Waals surface area contributed by atoms with Gasteiger partial charge in [0.05, 0.1) is 12.2 Å². The first kappa shape index (κ1) is 25.0. The maximum Gasteiger partial charge on any atom is 0.409 e. The van der Waals surface area contributed by atoms with E-state index in [4.69, 9.17) is 9.47 Å². The Morgan fingerprint density at radius 3 is 2.69 bits per heavy atom. The lowest BCUT2D eigenvalue weighted by molar-refractivity contribution is -0.159. The van der Waals surface area contributed by atoms with Gasteiger partial charge in [0.1, 0.15) is 6.10 Å². The molecule has 1 N–H and O–H groups in total. The van der Waals surface area contributed by atoms with Crippen molar-refractivity contribution in [1.29, 1.82) is 0 Å². The molecule has 3 aliphatic rings. The molecule has 0 aromatic heterocycles. The highest BCUT2D eigenvalue weighted by molar-refractivity contribution is 5.67. The van der Waals surface area contributed by atoms with Crippen molar-refractivity contribution in [3.8, 4) is 0 Å². The van der Waals surface area contributed by atoms with Crippen molar-refractivity contribution in [2.75, 3.05) is 39.3 Å². The van der Waals surface area contributed by atoms with Crippen molar-refractivity contribution in [2.45, 2.75) is 72.0 Å². The van der Waals surface area contributed by atoms with Gasteiger partial charge in [-0.15, -0.1) is 0 Å². The van der Waals surface area contributed by atoms with Gasteiger partial charge in [0, 0.05) is 45.4 Å². The molecule has 1 heterocycles. The van der Waals surface area contributed by atoms with Crippen molar-refractivity contribution in [3.05, 3.63) is 11.6 Å². The van der Waals surface area contributed by atoms with Gasteiger partial charge in [-0.05, 0) is 63.0 Å². The minimum Gasteiger partial charge on any atom is -0.458 e. The number of carbonyl (C=O) groups is 2. The van der Waals surface area contributed by atoms with Crippen LogP contribution in [0.25, 0.3) is 0 Å². The van der Waals surface area contributed by atoms with Crippen molar-refractivity contribution < 1.29 is 24.2 Å². The Morgan fingerprint density at radius 2 is 2.00 bits per heavy atom. The van der Waals surface area contributed by atoms with Crippen LogP contribution in [0.3, 0.4) is 0 Å². The molecule has 7 nitrogen and oxygen atoms in total. The van der Waals surface area contributed by atoms with Crippen LogP contribution in [0.5, 0.6) is 0 Å². The second kappa shape index (κ2) is 10.6. The highest BCUT2D eigenvalue weighted by Gasteiger charge is 2.52. The second-order valence-electron chi connectivity index (χ2n) is 10.2. The van der Waals surface area contributed by atoms with Crippen molar-refractivity contribution in [3.63, 3.8) is 0 Å². The molecule has 0 unspecified atom stereocenters. The number of nitrogens with zero attached hydrogens (tertiary/aromatic N) is 2. The molecule has 182 valence electrons. The summed E-state index contributed by atoms with van der Waals surface area (Å²) in [5, 5.41) is 11.8. The molecule has 0 spiro atoms. The van der Waals surface area contributed by atoms with Crippen LogP contribution in [0.1, 0.15) is 60.3 Å². The molecule has 3 rings (SSSR count). The van der Waals surface area contributed by atoms with Gasteiger partial charge in [0.2, 0.25) is 0 Å². The lowest BCUT2D eigenvalue weighted by Crippen LogP contribution is -2.56. The topological polar surface area (TPSA) is 79.3 Å². The number of rotatable bonds is 5. The number of ether oxygens (including phenoxy) is 2. The third-order valence-electron chi connectivity index (χ3n) is 7.99. The summed E-state index contributed by atoms with van der Waals surface area (Å²) in [5.41, 5.74) is 0.220. The standard InChI is InChI=1S/C25H42N2O5/c1-6-31-24(29)27-11-7-10-26(12-13-27)16-18(3)21-9-8-19(4)25(30)15-23(32-20(5)28)17(2)14-22(21)25/h14,18-19,21-23,30H,6-13,15-16H2,1-5H3/t18-,19-,21+,22-,23-,25-/m1/s1. The first-order valence-corrected chi connectivity index (χ1v) is 12.4. The van der Waals surface area contributed by atoms with Gasteiger partial charge in [-0.1, -0.05) is 19.9 Å². The van der Waals surface area contributed by atoms with Gasteiger partial charge in [-0.3, -0.25) is 4.79 Å². The van der Waals surface area contributed by atoms with Crippen molar-refractivity contribution in [1.82, 2.24) is 9.80 Å². The maximum atomic E-state index is 12.1. The molecular formula is C25H42N2O5. The minimum atomic E-state index is -0.837. The summed E-state index contributed by atoms with van der Waals surface area (Å²) in [7, 11) is 0. The van der Waals surface area contributed by atoms with E-state index >= 15 is 0 Å². The summed E-state index contributed by atoms with van der Waals surface area (Å²) in [6.45, 7) is 14.4. The predicted molar refractivity (Wildman–Crippen MR) is 123 cm³/mol. The summed E-state index contributed by atoms with van der Waals surface area (Å²) in [6, 6.07) is 0. The molecule has 2 fully saturated rings. The lowest BCUT2D eigenvalue weighted by Gasteiger charge is -2.53. The summed E-state index contributed by atoms with van der Waals surface area (Å²) in [6.07, 6.45) is 5.17. The average molecular weight is 451 g/mol. The molecule has 7 heteroatoms. The fourth-order valence-corrected chi connectivity index (χ4v) is 6.09. The molecule has 0 aromatic carbocycles. The summed E-state index contributed by atoms with van der Waals surface area (Å²) < 4.78 is 10.7. The number of hydrogen-bond donors (Lipinski definition) is 1. The number of esters is 1. The van der Waals surface area contributed by atoms with Gasteiger partial charge in [0.15, 0.2) is 0 Å². The van der Waals surface area contributed by atoms with Gasteiger partial charge >= 0.3 is 12.1 Å². The quantitative estimate of drug-likeness (QED) is 0.510. The molecule has 0 aromatic rings. The van der Waals surface area contributed by atoms with Crippen LogP contribution in [0.4, 0.5) is 4.79 Å². The Balaban J connectivity index is 1.67. The fourth-order valence-electron chi connectivity index (χ4n) is 6.09. The Kier molecular flexibility index (Phi) is 8.26. The van der Waals surface area contributed by atoms with Gasteiger partial charge < -0.3 is 24.4 Å². The molecule has 1 saturated carbocycles. The fraction of sp³-hybridized carbons (Fsp3) is 0.840. The van der Waals surface area contributed by atoms with Crippen LogP contribution >= 0.6 is 0 Å². The van der Waals surface area contributed by atoms with Crippen LogP contribution in [0.15, 0.2) is 11.6 Å². The van der Waals surface area contributed by atoms with Gasteiger partial charge in [-0.25, -0.2) is 4.79 Å². The largest absolute Gasteiger partial charge is 0.458 e. The molecule has 0 radical (unpaired) electrons. The SMILES string of the molecule is CCOC(=O)N1CCCN(C[C@@H](C)[C@@H]2CC[C@@H](C)[C@]3(O)C[C@@H](OC(C)=O)C(C)=C[C@H]23)CC1. The summed E-state index contributed by atoms with van der Waals surface area (Å²) in [5.74, 6) is 0.762. The van der Waals surface area contributed by atoms with Crippen molar-refractivity contribution >= 4 is 12.1 Å². The second-order valence-corrected chi connectivity index (χ2v) is 10.2. The van der Waals surface area contributed by atoms with E-state index < -0.39 is 5.60 Å². The van der Waals surface area contributed by atoms with Gasteiger partial charge in [0.25, 0.3) is 0 Å². The van der Waals surface area contributed by atoms with Crippen LogP contribution in [0, 0.1) is 23.7 Å². The Bertz CT molecular complexity index is 710. The van der Waals surface area contributed by atoms with Crippen LogP contribution in [0.2, 0.25) is 0 Å². The zero-order valence-corrected chi connectivity index (χ0v) is 20.5. The zero-order valence-electron chi connectivity index (χ0n) is 20.5. The maximum absolute atomic E-state index is 12.1. The molecule has 0 bridgehead atoms. The van der Waals surface area contributed by atoms with Gasteiger partial charge in [-0.2, -0.15) is 0 Å². The highest BCUT2D eigenvalue weighted by Crippen LogP contribution is 2.51. The first-order chi connectivity index (χ1) is 15.2. The Hall–Kier alpha value is -1.60. The number of aliphatic hydroxyl groups is 1. The van der Waals surface area contributed by atoms with E-state index in [9.17, 15) is 14.7 Å². The molecule has 1 amide bonds. The molecule has 6 atom stereocenters. The summed E-state index contributed by atoms with van der Waals surface area (Å²) in [4.78, 5) is 27.9. The Labute approximate surface area is 193 Å². The van der Waals surface area contributed by atoms with Crippen LogP contribution in [-0.4, -0.2) is 78.0 Å². The zero-order chi connectivity index (χ0) is 23.5. The van der Waals surface area contributed by atoms with E-state index in [1.165, 1.54) is 6.92 Å². The monoisotopic (exact) mass is 450 g/mol. The molecule has 1 aliphatic heterocycles. The lowest BCUT2D eigenvalue weighted by atomic mass is 9.57. The summed E-state index contributed by atoms with van der Waals surface area (Å²) >= 11 is 0. The first-order valence-electron chi connectivity index (χ1n) is 12.4. The molecular weight excluding hydrogens is 408 g/mol. The molecule has 2 aliphatic carbocycles. The van der Waals surface area contributed by atoms with E-state index in [2.05, 4.69) is 24.8 Å². The van der Waals surface area contributed by atoms with E-state index in [1.54, 1.807) is 0 Å². The molecule has 32 heavy (non-hydrogen) atoms. The Morgan fingerprint density at radius 1 is 1.25 bits per heavy atom. The normalized spacial score (nSPS) is 34.7. The smallest absolute Gasteiger partial charge is 0.409 e. The number of hydrogen-bond acceptors (Lipinski definition) is 6. The van der Waals surface area contributed by atoms with Crippen LogP contribution in [-0.2, 0) is 14.3 Å². The number of carbonyl (C=O) groups excluding carboxylic acids is 2. The third kappa shape index (κ3) is 5.48. The number of fused-ring (bicyclic) bond motifs is 1. The van der Waals surface area contributed by atoms with E-state index in [0.717, 1.165) is 51.0 Å². The number of amides is 1. The van der Waals surface area contributed by atoms with Crippen LogP contribution < -0.4 is 0 Å². The third-order valence-corrected chi connectivity index (χ3v) is 7.99. The van der Waals surface area contributed by atoms with E-state index in [-0.39, 0.29) is 30.0 Å². The minimum absolute atomic E-state index is 0.0797. The average Bonchev–Trinajstić information content (AvgIpc) is 2.96. The predicted octanol–water partition coefficient (Wildman–Crippen LogP) is 3.46.